The number of hydrogen-bond donors (Lipinski definition) is 0. The summed E-state index contributed by atoms with van der Waals surface area (Å²) in [5.41, 5.74) is 1.20. The van der Waals surface area contributed by atoms with Crippen LogP contribution in [0.2, 0.25) is 0 Å². The average molecular weight is 422 g/mol. The number of hydrogen-bond acceptors (Lipinski definition) is 3. The van der Waals surface area contributed by atoms with Gasteiger partial charge in [-0.1, -0.05) is 34.1 Å². The summed E-state index contributed by atoms with van der Waals surface area (Å²) >= 11 is 0. The number of Topliss-reactive ketones (excluding diaryl/α,β-unsaturated/α-hetero) is 1. The van der Waals surface area contributed by atoms with Gasteiger partial charge in [-0.3, -0.25) is 9.48 Å². The molecule has 7 unspecified atom stereocenters. The van der Waals surface area contributed by atoms with Gasteiger partial charge in [-0.05, 0) is 91.3 Å². The summed E-state index contributed by atoms with van der Waals surface area (Å²) in [6, 6.07) is 2.12. The number of nitrogens with zero attached hydrogens (tertiary/aromatic N) is 3. The van der Waals surface area contributed by atoms with E-state index < -0.39 is 0 Å². The zero-order valence-electron chi connectivity index (χ0n) is 19.8. The van der Waals surface area contributed by atoms with Gasteiger partial charge in [-0.2, -0.15) is 10.4 Å². The molecule has 0 aliphatic heterocycles. The first-order valence-corrected chi connectivity index (χ1v) is 12.7. The van der Waals surface area contributed by atoms with Crippen molar-refractivity contribution in [1.82, 2.24) is 9.78 Å². The van der Waals surface area contributed by atoms with Gasteiger partial charge < -0.3 is 0 Å². The van der Waals surface area contributed by atoms with Crippen molar-refractivity contribution in [3.05, 3.63) is 18.0 Å². The first kappa shape index (κ1) is 21.2. The standard InChI is InChI=1S/C27H39N3O/c1-17-7-9-26(3)20(11-17)5-6-21-22(26)8-10-27(4)23(21)12-18(2)25(27)24(31)16-30-15-19(13-28)14-29-30/h14-15,17-18,20-23,25H,5-12,16H2,1-4H3/t17?,18-,20?,21?,22?,23?,25-,26?,27?/m1/s1. The largest absolute Gasteiger partial charge is 0.297 e. The van der Waals surface area contributed by atoms with Crippen molar-refractivity contribution in [3.63, 3.8) is 0 Å². The Balaban J connectivity index is 1.37. The van der Waals surface area contributed by atoms with Crippen LogP contribution in [0.25, 0.3) is 0 Å². The molecular weight excluding hydrogens is 382 g/mol. The third-order valence-electron chi connectivity index (χ3n) is 10.7. The molecular formula is C27H39N3O. The Morgan fingerprint density at radius 1 is 1.13 bits per heavy atom. The van der Waals surface area contributed by atoms with Gasteiger partial charge in [0.05, 0.1) is 18.3 Å². The van der Waals surface area contributed by atoms with Crippen LogP contribution < -0.4 is 0 Å². The smallest absolute Gasteiger partial charge is 0.158 e. The Morgan fingerprint density at radius 2 is 1.90 bits per heavy atom. The van der Waals surface area contributed by atoms with Crippen molar-refractivity contribution in [1.29, 1.82) is 5.26 Å². The molecule has 0 amide bonds. The summed E-state index contributed by atoms with van der Waals surface area (Å²) in [6.45, 7) is 10.2. The molecule has 0 aromatic carbocycles. The Morgan fingerprint density at radius 3 is 2.65 bits per heavy atom. The van der Waals surface area contributed by atoms with E-state index in [1.165, 1.54) is 51.4 Å². The van der Waals surface area contributed by atoms with Crippen molar-refractivity contribution in [2.45, 2.75) is 85.6 Å². The molecule has 5 rings (SSSR count). The zero-order chi connectivity index (χ0) is 22.0. The number of ketones is 1. The normalized spacial score (nSPS) is 46.5. The first-order valence-electron chi connectivity index (χ1n) is 12.7. The van der Waals surface area contributed by atoms with E-state index in [-0.39, 0.29) is 11.3 Å². The second-order valence-electron chi connectivity index (χ2n) is 12.3. The molecule has 0 spiro atoms. The van der Waals surface area contributed by atoms with Crippen molar-refractivity contribution in [2.24, 2.45) is 52.3 Å². The second kappa shape index (κ2) is 7.46. The van der Waals surface area contributed by atoms with E-state index in [0.717, 1.165) is 23.7 Å². The summed E-state index contributed by atoms with van der Waals surface area (Å²) in [7, 11) is 0. The number of carbonyl (C=O) groups excluding carboxylic acids is 1. The molecule has 1 aromatic rings. The van der Waals surface area contributed by atoms with E-state index in [0.29, 0.717) is 35.1 Å². The maximum absolute atomic E-state index is 13.5. The highest BCUT2D eigenvalue weighted by molar-refractivity contribution is 5.82. The summed E-state index contributed by atoms with van der Waals surface area (Å²) in [6.07, 6.45) is 14.1. The molecule has 0 bridgehead atoms. The first-order chi connectivity index (χ1) is 14.8. The molecule has 1 aromatic heterocycles. The fraction of sp³-hybridized carbons (Fsp3) is 0.815. The van der Waals surface area contributed by atoms with E-state index in [1.807, 2.05) is 0 Å². The molecule has 0 saturated heterocycles. The monoisotopic (exact) mass is 421 g/mol. The van der Waals surface area contributed by atoms with Crippen LogP contribution in [0.3, 0.4) is 0 Å². The van der Waals surface area contributed by atoms with Crippen LogP contribution in [0.1, 0.15) is 84.6 Å². The molecule has 4 heteroatoms. The highest BCUT2D eigenvalue weighted by Crippen LogP contribution is 2.68. The van der Waals surface area contributed by atoms with Gasteiger partial charge >= 0.3 is 0 Å². The third-order valence-corrected chi connectivity index (χ3v) is 10.7. The lowest BCUT2D eigenvalue weighted by Crippen LogP contribution is -2.53. The lowest BCUT2D eigenvalue weighted by molar-refractivity contribution is -0.138. The molecule has 0 radical (unpaired) electrons. The van der Waals surface area contributed by atoms with Crippen LogP contribution in [0.15, 0.2) is 12.4 Å². The van der Waals surface area contributed by atoms with Crippen molar-refractivity contribution >= 4 is 5.78 Å². The van der Waals surface area contributed by atoms with Gasteiger partial charge in [0.15, 0.2) is 5.78 Å². The molecule has 4 nitrogen and oxygen atoms in total. The molecule has 31 heavy (non-hydrogen) atoms. The van der Waals surface area contributed by atoms with Crippen LogP contribution in [-0.4, -0.2) is 15.6 Å². The highest BCUT2D eigenvalue weighted by atomic mass is 16.1. The third kappa shape index (κ3) is 3.21. The minimum atomic E-state index is 0.130. The fourth-order valence-electron chi connectivity index (χ4n) is 9.29. The predicted octanol–water partition coefficient (Wildman–Crippen LogP) is 5.86. The van der Waals surface area contributed by atoms with Gasteiger partial charge in [-0.15, -0.1) is 0 Å². The molecule has 4 aliphatic rings. The molecule has 4 fully saturated rings. The molecule has 4 aliphatic carbocycles. The van der Waals surface area contributed by atoms with Crippen LogP contribution in [0, 0.1) is 63.6 Å². The van der Waals surface area contributed by atoms with Gasteiger partial charge in [0.2, 0.25) is 0 Å². The molecule has 1 heterocycles. The number of nitriles is 1. The van der Waals surface area contributed by atoms with E-state index in [4.69, 9.17) is 5.26 Å². The SMILES string of the molecule is CC1CCC2(C)C(CCC3C2CCC2(C)C3C[C@@H](C)[C@@H]2C(=O)Cn2cc(C#N)cn2)C1. The van der Waals surface area contributed by atoms with E-state index in [2.05, 4.69) is 38.9 Å². The number of fused-ring (bicyclic) bond motifs is 5. The van der Waals surface area contributed by atoms with Crippen molar-refractivity contribution in [3.8, 4) is 6.07 Å². The van der Waals surface area contributed by atoms with Crippen LogP contribution >= 0.6 is 0 Å². The quantitative estimate of drug-likeness (QED) is 0.614. The fourth-order valence-corrected chi connectivity index (χ4v) is 9.29. The maximum Gasteiger partial charge on any atom is 0.158 e. The Labute approximate surface area is 187 Å². The molecule has 168 valence electrons. The zero-order valence-corrected chi connectivity index (χ0v) is 19.8. The Kier molecular flexibility index (Phi) is 5.11. The second-order valence-corrected chi connectivity index (χ2v) is 12.3. The molecule has 4 saturated carbocycles. The van der Waals surface area contributed by atoms with Gasteiger partial charge in [0.1, 0.15) is 6.07 Å². The summed E-state index contributed by atoms with van der Waals surface area (Å²) in [5.74, 6) is 5.10. The maximum atomic E-state index is 13.5. The number of aromatic nitrogens is 2. The Bertz CT molecular complexity index is 899. The van der Waals surface area contributed by atoms with Gasteiger partial charge in [0, 0.05) is 12.1 Å². The average Bonchev–Trinajstić information content (AvgIpc) is 3.29. The summed E-state index contributed by atoms with van der Waals surface area (Å²) < 4.78 is 1.67. The molecule has 0 N–H and O–H groups in total. The minimum Gasteiger partial charge on any atom is -0.297 e. The van der Waals surface area contributed by atoms with Gasteiger partial charge in [0.25, 0.3) is 0 Å². The van der Waals surface area contributed by atoms with E-state index in [1.54, 1.807) is 17.1 Å². The Hall–Kier alpha value is -1.63. The summed E-state index contributed by atoms with van der Waals surface area (Å²) in [5, 5.41) is 13.3. The predicted molar refractivity (Wildman–Crippen MR) is 121 cm³/mol. The van der Waals surface area contributed by atoms with Crippen LogP contribution in [0.5, 0.6) is 0 Å². The van der Waals surface area contributed by atoms with Crippen LogP contribution in [-0.2, 0) is 11.3 Å². The van der Waals surface area contributed by atoms with Crippen molar-refractivity contribution in [2.75, 3.05) is 0 Å². The van der Waals surface area contributed by atoms with E-state index in [9.17, 15) is 4.79 Å². The van der Waals surface area contributed by atoms with E-state index >= 15 is 0 Å². The lowest BCUT2D eigenvalue weighted by Gasteiger charge is -2.61. The van der Waals surface area contributed by atoms with Crippen LogP contribution in [0.4, 0.5) is 0 Å². The topological polar surface area (TPSA) is 58.7 Å². The highest BCUT2D eigenvalue weighted by Gasteiger charge is 2.62. The summed E-state index contributed by atoms with van der Waals surface area (Å²) in [4.78, 5) is 13.5. The van der Waals surface area contributed by atoms with Crippen molar-refractivity contribution < 1.29 is 4.79 Å². The number of carbonyl (C=O) groups is 1. The minimum absolute atomic E-state index is 0.130. The number of rotatable bonds is 3. The molecule has 9 atom stereocenters. The van der Waals surface area contributed by atoms with Gasteiger partial charge in [-0.25, -0.2) is 0 Å². The lowest BCUT2D eigenvalue weighted by atomic mass is 9.44.